The van der Waals surface area contributed by atoms with Crippen LogP contribution in [0.4, 0.5) is 4.79 Å². The zero-order valence-corrected chi connectivity index (χ0v) is 14.6. The third-order valence-corrected chi connectivity index (χ3v) is 4.36. The van der Waals surface area contributed by atoms with Gasteiger partial charge in [-0.3, -0.25) is 5.32 Å². The quantitative estimate of drug-likeness (QED) is 0.777. The number of guanidine groups is 1. The van der Waals surface area contributed by atoms with E-state index in [-0.39, 0.29) is 6.04 Å². The standard InChI is InChI=1S/C20H25N3O2/c1-2-3-4-7-12-25-20(24)23-19-21-14-18(22-19)17-11-10-15-8-5-6-9-16(15)13-17/h5-6,8-11,13,18H,2-4,7,12,14H2,1H3,(H2,21,22,23,24). The summed E-state index contributed by atoms with van der Waals surface area (Å²) in [4.78, 5) is 16.4. The first kappa shape index (κ1) is 17.3. The minimum absolute atomic E-state index is 0.00413. The molecule has 0 saturated heterocycles. The first-order valence-electron chi connectivity index (χ1n) is 9.00. The van der Waals surface area contributed by atoms with E-state index in [1.54, 1.807) is 0 Å². The molecule has 1 atom stereocenters. The molecule has 0 fully saturated rings. The van der Waals surface area contributed by atoms with Crippen molar-refractivity contribution >= 4 is 22.8 Å². The molecule has 1 amide bonds. The second-order valence-electron chi connectivity index (χ2n) is 6.30. The largest absolute Gasteiger partial charge is 0.449 e. The molecule has 0 aliphatic carbocycles. The van der Waals surface area contributed by atoms with Crippen LogP contribution >= 0.6 is 0 Å². The number of nitrogens with zero attached hydrogens (tertiary/aromatic N) is 1. The van der Waals surface area contributed by atoms with Crippen LogP contribution in [0.5, 0.6) is 0 Å². The van der Waals surface area contributed by atoms with E-state index in [9.17, 15) is 4.79 Å². The summed E-state index contributed by atoms with van der Waals surface area (Å²) in [5.41, 5.74) is 1.14. The van der Waals surface area contributed by atoms with Crippen molar-refractivity contribution in [2.75, 3.05) is 13.2 Å². The molecule has 1 unspecified atom stereocenters. The third kappa shape index (κ3) is 4.72. The topological polar surface area (TPSA) is 62.7 Å². The van der Waals surface area contributed by atoms with E-state index in [4.69, 9.17) is 4.74 Å². The monoisotopic (exact) mass is 339 g/mol. The maximum absolute atomic E-state index is 11.8. The molecule has 1 aliphatic heterocycles. The summed E-state index contributed by atoms with van der Waals surface area (Å²) in [6.45, 7) is 3.28. The smallest absolute Gasteiger partial charge is 0.413 e. The Balaban J connectivity index is 1.53. The maximum atomic E-state index is 11.8. The van der Waals surface area contributed by atoms with Gasteiger partial charge < -0.3 is 10.1 Å². The van der Waals surface area contributed by atoms with E-state index in [0.29, 0.717) is 19.1 Å². The molecule has 2 N–H and O–H groups in total. The number of carbonyl (C=O) groups excluding carboxylic acids is 1. The molecule has 0 spiro atoms. The molecule has 25 heavy (non-hydrogen) atoms. The SMILES string of the molecule is CCCCCCOC(=O)NC1=NC(c2ccc3ccccc3c2)CN1. The predicted molar refractivity (Wildman–Crippen MR) is 101 cm³/mol. The van der Waals surface area contributed by atoms with Crippen molar-refractivity contribution in [3.63, 3.8) is 0 Å². The van der Waals surface area contributed by atoms with Crippen molar-refractivity contribution < 1.29 is 9.53 Å². The highest BCUT2D eigenvalue weighted by atomic mass is 16.5. The summed E-state index contributed by atoms with van der Waals surface area (Å²) in [7, 11) is 0. The van der Waals surface area contributed by atoms with E-state index in [1.165, 1.54) is 23.6 Å². The van der Waals surface area contributed by atoms with Crippen LogP contribution in [0.15, 0.2) is 47.5 Å². The lowest BCUT2D eigenvalue weighted by Crippen LogP contribution is -2.38. The lowest BCUT2D eigenvalue weighted by Gasteiger charge is -2.07. The number of hydrogen-bond acceptors (Lipinski definition) is 4. The molecule has 1 aliphatic rings. The second-order valence-corrected chi connectivity index (χ2v) is 6.30. The minimum Gasteiger partial charge on any atom is -0.449 e. The molecule has 0 radical (unpaired) electrons. The van der Waals surface area contributed by atoms with Gasteiger partial charge in [0.25, 0.3) is 0 Å². The first-order chi connectivity index (χ1) is 12.3. The first-order valence-corrected chi connectivity index (χ1v) is 9.00. The van der Waals surface area contributed by atoms with Gasteiger partial charge in [0.05, 0.1) is 12.6 Å². The summed E-state index contributed by atoms with van der Waals surface area (Å²) in [5, 5.41) is 8.23. The van der Waals surface area contributed by atoms with Crippen molar-refractivity contribution in [3.05, 3.63) is 48.0 Å². The highest BCUT2D eigenvalue weighted by molar-refractivity contribution is 5.95. The number of benzene rings is 2. The fourth-order valence-corrected chi connectivity index (χ4v) is 2.95. The lowest BCUT2D eigenvalue weighted by atomic mass is 10.0. The van der Waals surface area contributed by atoms with Gasteiger partial charge in [-0.15, -0.1) is 0 Å². The summed E-state index contributed by atoms with van der Waals surface area (Å²) < 4.78 is 5.18. The van der Waals surface area contributed by atoms with Gasteiger partial charge in [0.2, 0.25) is 5.96 Å². The van der Waals surface area contributed by atoms with Crippen molar-refractivity contribution in [1.29, 1.82) is 0 Å². The Kier molecular flexibility index (Phi) is 5.88. The number of amides is 1. The number of alkyl carbamates (subject to hydrolysis) is 1. The van der Waals surface area contributed by atoms with Crippen LogP contribution in [0.25, 0.3) is 10.8 Å². The van der Waals surface area contributed by atoms with Gasteiger partial charge in [0, 0.05) is 6.54 Å². The number of nitrogens with one attached hydrogen (secondary N) is 2. The molecule has 5 heteroatoms. The zero-order chi connectivity index (χ0) is 17.5. The van der Waals surface area contributed by atoms with Gasteiger partial charge in [-0.25, -0.2) is 9.79 Å². The Hall–Kier alpha value is -2.56. The molecule has 132 valence electrons. The van der Waals surface area contributed by atoms with Crippen LogP contribution in [0.2, 0.25) is 0 Å². The van der Waals surface area contributed by atoms with Crippen LogP contribution in [0.3, 0.4) is 0 Å². The number of ether oxygens (including phenoxy) is 1. The molecular formula is C20H25N3O2. The Bertz CT molecular complexity index is 757. The molecule has 3 rings (SSSR count). The van der Waals surface area contributed by atoms with Crippen LogP contribution < -0.4 is 10.6 Å². The summed E-state index contributed by atoms with van der Waals surface area (Å²) in [6.07, 6.45) is 3.89. The molecule has 2 aromatic rings. The molecule has 0 saturated carbocycles. The van der Waals surface area contributed by atoms with Crippen LogP contribution in [0.1, 0.15) is 44.2 Å². The fraction of sp³-hybridized carbons (Fsp3) is 0.400. The minimum atomic E-state index is -0.443. The summed E-state index contributed by atoms with van der Waals surface area (Å²) in [6, 6.07) is 14.6. The number of unbranched alkanes of at least 4 members (excludes halogenated alkanes) is 3. The Morgan fingerprint density at radius 3 is 2.88 bits per heavy atom. The third-order valence-electron chi connectivity index (χ3n) is 4.36. The Morgan fingerprint density at radius 2 is 2.04 bits per heavy atom. The maximum Gasteiger partial charge on any atom is 0.413 e. The van der Waals surface area contributed by atoms with E-state index in [2.05, 4.69) is 52.9 Å². The summed E-state index contributed by atoms with van der Waals surface area (Å²) in [5.74, 6) is 0.483. The van der Waals surface area contributed by atoms with Crippen molar-refractivity contribution in [2.45, 2.75) is 38.6 Å². The van der Waals surface area contributed by atoms with Crippen LogP contribution in [0, 0.1) is 0 Å². The van der Waals surface area contributed by atoms with Crippen LogP contribution in [-0.2, 0) is 4.74 Å². The molecular weight excluding hydrogens is 314 g/mol. The van der Waals surface area contributed by atoms with Gasteiger partial charge in [0.1, 0.15) is 0 Å². The van der Waals surface area contributed by atoms with Gasteiger partial charge >= 0.3 is 6.09 Å². The highest BCUT2D eigenvalue weighted by Crippen LogP contribution is 2.24. The number of fused-ring (bicyclic) bond motifs is 1. The van der Waals surface area contributed by atoms with Crippen molar-refractivity contribution in [3.8, 4) is 0 Å². The number of rotatable bonds is 6. The van der Waals surface area contributed by atoms with Crippen molar-refractivity contribution in [2.24, 2.45) is 4.99 Å². The van der Waals surface area contributed by atoms with Gasteiger partial charge in [-0.05, 0) is 28.8 Å². The van der Waals surface area contributed by atoms with E-state index < -0.39 is 6.09 Å². The van der Waals surface area contributed by atoms with Gasteiger partial charge in [0.15, 0.2) is 0 Å². The molecule has 5 nitrogen and oxygen atoms in total. The summed E-state index contributed by atoms with van der Waals surface area (Å²) >= 11 is 0. The predicted octanol–water partition coefficient (Wildman–Crippen LogP) is 4.15. The molecule has 1 heterocycles. The number of carbonyl (C=O) groups is 1. The number of aliphatic imine (C=N–C) groups is 1. The molecule has 2 aromatic carbocycles. The highest BCUT2D eigenvalue weighted by Gasteiger charge is 2.20. The van der Waals surface area contributed by atoms with E-state index >= 15 is 0 Å². The lowest BCUT2D eigenvalue weighted by molar-refractivity contribution is 0.149. The number of hydrogen-bond donors (Lipinski definition) is 2. The second kappa shape index (κ2) is 8.51. The van der Waals surface area contributed by atoms with E-state index in [0.717, 1.165) is 18.4 Å². The average Bonchev–Trinajstić information content (AvgIpc) is 3.09. The van der Waals surface area contributed by atoms with Crippen molar-refractivity contribution in [1.82, 2.24) is 10.6 Å². The average molecular weight is 339 g/mol. The molecule has 0 aromatic heterocycles. The van der Waals surface area contributed by atoms with E-state index in [1.807, 2.05) is 12.1 Å². The van der Waals surface area contributed by atoms with Gasteiger partial charge in [-0.2, -0.15) is 0 Å². The van der Waals surface area contributed by atoms with Crippen LogP contribution in [-0.4, -0.2) is 25.2 Å². The fourth-order valence-electron chi connectivity index (χ4n) is 2.95. The molecule has 0 bridgehead atoms. The normalized spacial score (nSPS) is 16.4. The van der Waals surface area contributed by atoms with Gasteiger partial charge in [-0.1, -0.05) is 62.6 Å². The Morgan fingerprint density at radius 1 is 1.20 bits per heavy atom. The Labute approximate surface area is 148 Å². The zero-order valence-electron chi connectivity index (χ0n) is 14.6.